The zero-order valence-corrected chi connectivity index (χ0v) is 9.05. The number of carbonyl (C=O) groups excluding carboxylic acids is 1. The maximum absolute atomic E-state index is 11.2. The lowest BCUT2D eigenvalue weighted by Gasteiger charge is -2.14. The third kappa shape index (κ3) is 3.27. The number of nitrogens with zero attached hydrogens (tertiary/aromatic N) is 1. The van der Waals surface area contributed by atoms with Gasteiger partial charge in [0.25, 0.3) is 0 Å². The van der Waals surface area contributed by atoms with E-state index in [1.54, 1.807) is 19.0 Å². The minimum absolute atomic E-state index is 0.140. The van der Waals surface area contributed by atoms with Crippen LogP contribution in [0.3, 0.4) is 0 Å². The molecule has 2 N–H and O–H groups in total. The van der Waals surface area contributed by atoms with Gasteiger partial charge in [0.15, 0.2) is 0 Å². The molecule has 0 aliphatic heterocycles. The molecule has 1 saturated carbocycles. The van der Waals surface area contributed by atoms with Gasteiger partial charge in [-0.2, -0.15) is 0 Å². The first-order valence-corrected chi connectivity index (χ1v) is 5.11. The van der Waals surface area contributed by atoms with Crippen LogP contribution in [0.25, 0.3) is 0 Å². The lowest BCUT2D eigenvalue weighted by atomic mass is 10.1. The molecule has 1 aliphatic rings. The van der Waals surface area contributed by atoms with E-state index < -0.39 is 0 Å². The minimum Gasteiger partial charge on any atom is -0.396 e. The van der Waals surface area contributed by atoms with Crippen molar-refractivity contribution in [3.63, 3.8) is 0 Å². The summed E-state index contributed by atoms with van der Waals surface area (Å²) in [5.41, 5.74) is 0.140. The van der Waals surface area contributed by atoms with Crippen molar-refractivity contribution in [1.82, 2.24) is 10.2 Å². The average Bonchev–Trinajstić information content (AvgIpc) is 2.93. The third-order valence-electron chi connectivity index (χ3n) is 2.81. The monoisotopic (exact) mass is 200 g/mol. The molecule has 4 nitrogen and oxygen atoms in total. The Hall–Kier alpha value is -0.610. The van der Waals surface area contributed by atoms with Gasteiger partial charge in [-0.25, -0.2) is 0 Å². The minimum atomic E-state index is 0.140. The van der Waals surface area contributed by atoms with Crippen molar-refractivity contribution >= 4 is 5.91 Å². The van der Waals surface area contributed by atoms with Crippen molar-refractivity contribution in [3.05, 3.63) is 0 Å². The van der Waals surface area contributed by atoms with Gasteiger partial charge in [0.05, 0.1) is 0 Å². The van der Waals surface area contributed by atoms with Crippen LogP contribution in [-0.2, 0) is 4.79 Å². The average molecular weight is 200 g/mol. The number of hydrogen-bond donors (Lipinski definition) is 2. The smallest absolute Gasteiger partial charge is 0.223 e. The third-order valence-corrected chi connectivity index (χ3v) is 2.81. The normalized spacial score (nSPS) is 17.9. The van der Waals surface area contributed by atoms with Gasteiger partial charge in [-0.05, 0) is 12.8 Å². The molecule has 1 fully saturated rings. The Morgan fingerprint density at radius 1 is 1.50 bits per heavy atom. The van der Waals surface area contributed by atoms with Crippen molar-refractivity contribution in [2.75, 3.05) is 33.8 Å². The largest absolute Gasteiger partial charge is 0.396 e. The van der Waals surface area contributed by atoms with E-state index in [1.807, 2.05) is 0 Å². The molecule has 1 aliphatic carbocycles. The predicted molar refractivity (Wildman–Crippen MR) is 54.9 cm³/mol. The van der Waals surface area contributed by atoms with E-state index in [0.717, 1.165) is 19.4 Å². The molecule has 0 heterocycles. The van der Waals surface area contributed by atoms with Crippen molar-refractivity contribution in [2.45, 2.75) is 19.3 Å². The summed E-state index contributed by atoms with van der Waals surface area (Å²) in [6, 6.07) is 0. The van der Waals surface area contributed by atoms with Crippen LogP contribution < -0.4 is 5.32 Å². The second-order valence-electron chi connectivity index (χ2n) is 4.37. The summed E-state index contributed by atoms with van der Waals surface area (Å²) in [6.07, 6.45) is 2.75. The van der Waals surface area contributed by atoms with Gasteiger partial charge >= 0.3 is 0 Å². The fourth-order valence-corrected chi connectivity index (χ4v) is 1.34. The van der Waals surface area contributed by atoms with Gasteiger partial charge in [-0.1, -0.05) is 0 Å². The summed E-state index contributed by atoms with van der Waals surface area (Å²) in [5, 5.41) is 12.3. The van der Waals surface area contributed by atoms with Crippen LogP contribution in [0.1, 0.15) is 19.3 Å². The van der Waals surface area contributed by atoms with E-state index in [4.69, 9.17) is 5.11 Å². The first-order valence-electron chi connectivity index (χ1n) is 5.11. The summed E-state index contributed by atoms with van der Waals surface area (Å²) < 4.78 is 0. The Kier molecular flexibility index (Phi) is 3.89. The van der Waals surface area contributed by atoms with E-state index in [1.165, 1.54) is 0 Å². The van der Waals surface area contributed by atoms with Crippen molar-refractivity contribution in [1.29, 1.82) is 0 Å². The first-order chi connectivity index (χ1) is 6.59. The van der Waals surface area contributed by atoms with Gasteiger partial charge in [0, 0.05) is 45.6 Å². The number of aliphatic hydroxyl groups excluding tert-OH is 1. The molecular formula is C10H20N2O2. The maximum Gasteiger partial charge on any atom is 0.223 e. The molecular weight excluding hydrogens is 180 g/mol. The van der Waals surface area contributed by atoms with Gasteiger partial charge in [-0.3, -0.25) is 4.79 Å². The molecule has 0 saturated heterocycles. The number of amides is 1. The molecule has 1 amide bonds. The van der Waals surface area contributed by atoms with Gasteiger partial charge in [-0.15, -0.1) is 0 Å². The van der Waals surface area contributed by atoms with Crippen LogP contribution >= 0.6 is 0 Å². The lowest BCUT2D eigenvalue weighted by Crippen LogP contribution is -2.31. The van der Waals surface area contributed by atoms with Crippen molar-refractivity contribution in [3.8, 4) is 0 Å². The highest BCUT2D eigenvalue weighted by molar-refractivity contribution is 5.75. The Labute approximate surface area is 85.3 Å². The summed E-state index contributed by atoms with van der Waals surface area (Å²) in [6.45, 7) is 1.81. The van der Waals surface area contributed by atoms with E-state index in [-0.39, 0.29) is 17.9 Å². The van der Waals surface area contributed by atoms with Crippen LogP contribution in [-0.4, -0.2) is 49.7 Å². The highest BCUT2D eigenvalue weighted by atomic mass is 16.3. The highest BCUT2D eigenvalue weighted by Crippen LogP contribution is 2.44. The predicted octanol–water partition coefficient (Wildman–Crippen LogP) is -0.173. The second-order valence-corrected chi connectivity index (χ2v) is 4.37. The number of carbonyl (C=O) groups is 1. The molecule has 0 aromatic heterocycles. The van der Waals surface area contributed by atoms with E-state index in [9.17, 15) is 4.79 Å². The quantitative estimate of drug-likeness (QED) is 0.585. The number of rotatable bonds is 6. The zero-order valence-electron chi connectivity index (χ0n) is 9.05. The van der Waals surface area contributed by atoms with Gasteiger partial charge < -0.3 is 15.3 Å². The van der Waals surface area contributed by atoms with Crippen LogP contribution in [0.2, 0.25) is 0 Å². The molecule has 4 heteroatoms. The molecule has 0 aromatic carbocycles. The van der Waals surface area contributed by atoms with E-state index in [0.29, 0.717) is 13.0 Å². The van der Waals surface area contributed by atoms with Crippen LogP contribution in [0.15, 0.2) is 0 Å². The standard InChI is InChI=1S/C10H20N2O2/c1-12(2)9(14)3-6-11-7-10(8-13)4-5-10/h11,13H,3-8H2,1-2H3. The Morgan fingerprint density at radius 2 is 2.14 bits per heavy atom. The summed E-state index contributed by atoms with van der Waals surface area (Å²) in [5.74, 6) is 0.145. The fraction of sp³-hybridized carbons (Fsp3) is 0.900. The van der Waals surface area contributed by atoms with E-state index >= 15 is 0 Å². The summed E-state index contributed by atoms with van der Waals surface area (Å²) >= 11 is 0. The van der Waals surface area contributed by atoms with Gasteiger partial charge in [0.1, 0.15) is 0 Å². The number of aliphatic hydroxyl groups is 1. The first kappa shape index (κ1) is 11.5. The molecule has 14 heavy (non-hydrogen) atoms. The van der Waals surface area contributed by atoms with Crippen LogP contribution in [0, 0.1) is 5.41 Å². The van der Waals surface area contributed by atoms with E-state index in [2.05, 4.69) is 5.32 Å². The fourth-order valence-electron chi connectivity index (χ4n) is 1.34. The van der Waals surface area contributed by atoms with Crippen LogP contribution in [0.4, 0.5) is 0 Å². The summed E-state index contributed by atoms with van der Waals surface area (Å²) in [7, 11) is 3.52. The molecule has 0 atom stereocenters. The topological polar surface area (TPSA) is 52.6 Å². The van der Waals surface area contributed by atoms with Crippen molar-refractivity contribution in [2.24, 2.45) is 5.41 Å². The van der Waals surface area contributed by atoms with Crippen LogP contribution in [0.5, 0.6) is 0 Å². The maximum atomic E-state index is 11.2. The zero-order chi connectivity index (χ0) is 10.6. The number of hydrogen-bond acceptors (Lipinski definition) is 3. The second kappa shape index (κ2) is 4.75. The molecule has 0 radical (unpaired) electrons. The van der Waals surface area contributed by atoms with Crippen molar-refractivity contribution < 1.29 is 9.90 Å². The SMILES string of the molecule is CN(C)C(=O)CCNCC1(CO)CC1. The Morgan fingerprint density at radius 3 is 2.57 bits per heavy atom. The van der Waals surface area contributed by atoms with Gasteiger partial charge in [0.2, 0.25) is 5.91 Å². The molecule has 0 spiro atoms. The molecule has 0 unspecified atom stereocenters. The number of nitrogens with one attached hydrogen (secondary N) is 1. The Balaban J connectivity index is 2.02. The molecule has 1 rings (SSSR count). The lowest BCUT2D eigenvalue weighted by molar-refractivity contribution is -0.128. The Bertz CT molecular complexity index is 200. The molecule has 82 valence electrons. The molecule has 0 bridgehead atoms. The highest BCUT2D eigenvalue weighted by Gasteiger charge is 2.41. The molecule has 0 aromatic rings. The summed E-state index contributed by atoms with van der Waals surface area (Å²) in [4.78, 5) is 12.8.